The molecule has 0 saturated heterocycles. The Morgan fingerprint density at radius 1 is 0.818 bits per heavy atom. The van der Waals surface area contributed by atoms with Crippen molar-refractivity contribution in [2.45, 2.75) is 0 Å². The number of H-pyrrole nitrogens is 1. The molecule has 0 aliphatic carbocycles. The van der Waals surface area contributed by atoms with Crippen LogP contribution in [0.3, 0.4) is 0 Å². The van der Waals surface area contributed by atoms with Crippen molar-refractivity contribution in [3.05, 3.63) is 30.6 Å². The molecule has 0 fully saturated rings. The Balaban J connectivity index is 0.000000187. The van der Waals surface area contributed by atoms with Gasteiger partial charge in [-0.2, -0.15) is 0 Å². The highest BCUT2D eigenvalue weighted by Crippen LogP contribution is 2.06. The summed E-state index contributed by atoms with van der Waals surface area (Å²) in [5, 5.41) is 0. The van der Waals surface area contributed by atoms with Gasteiger partial charge in [0.1, 0.15) is 0 Å². The average molecular weight is 167 g/mol. The van der Waals surface area contributed by atoms with Crippen LogP contribution in [0.15, 0.2) is 30.6 Å². The minimum atomic E-state index is -6.00. The van der Waals surface area contributed by atoms with Gasteiger partial charge in [-0.25, -0.2) is 4.98 Å². The Labute approximate surface area is 61.2 Å². The van der Waals surface area contributed by atoms with Gasteiger partial charge in [-0.1, -0.05) is 6.07 Å². The molecule has 0 aliphatic heterocycles. The van der Waals surface area contributed by atoms with Crippen LogP contribution in [0.5, 0.6) is 0 Å². The number of rotatable bonds is 0. The van der Waals surface area contributed by atoms with Crippen LogP contribution in [0.2, 0.25) is 0 Å². The summed E-state index contributed by atoms with van der Waals surface area (Å²) in [7, 11) is -6.00. The normalized spacial score (nSPS) is 9.82. The second kappa shape index (κ2) is 4.70. The zero-order valence-corrected chi connectivity index (χ0v) is 5.48. The van der Waals surface area contributed by atoms with E-state index in [0.717, 1.165) is 0 Å². The fourth-order valence-corrected chi connectivity index (χ4v) is 0.342. The third kappa shape index (κ3) is 17.6. The first-order valence-corrected chi connectivity index (χ1v) is 2.78. The standard InChI is InChI=1S/C5H5N.BF4/c1-2-4-6-5-3-1;2-1(3,4)5/h1-5H;/q;-1/p+1. The van der Waals surface area contributed by atoms with E-state index in [9.17, 15) is 17.3 Å². The van der Waals surface area contributed by atoms with Crippen LogP contribution >= 0.6 is 0 Å². The number of hydrogen-bond donors (Lipinski definition) is 0. The number of hydrogen-bond acceptors (Lipinski definition) is 0. The molecule has 0 aromatic carbocycles. The molecule has 0 atom stereocenters. The van der Waals surface area contributed by atoms with Gasteiger partial charge in [-0.3, -0.25) is 0 Å². The van der Waals surface area contributed by atoms with Crippen molar-refractivity contribution in [2.24, 2.45) is 0 Å². The summed E-state index contributed by atoms with van der Waals surface area (Å²) in [6.45, 7) is 0. The van der Waals surface area contributed by atoms with E-state index >= 15 is 0 Å². The molecule has 0 aliphatic rings. The smallest absolute Gasteiger partial charge is 0.418 e. The Morgan fingerprint density at radius 2 is 1.18 bits per heavy atom. The molecule has 0 radical (unpaired) electrons. The molecular weight excluding hydrogens is 161 g/mol. The summed E-state index contributed by atoms with van der Waals surface area (Å²) in [4.78, 5) is 2.89. The Kier molecular flexibility index (Phi) is 4.25. The lowest BCUT2D eigenvalue weighted by molar-refractivity contribution is -0.377. The lowest BCUT2D eigenvalue weighted by Crippen LogP contribution is -2.02. The molecule has 1 heterocycles. The van der Waals surface area contributed by atoms with Gasteiger partial charge in [0.2, 0.25) is 0 Å². The van der Waals surface area contributed by atoms with Gasteiger partial charge < -0.3 is 17.3 Å². The summed E-state index contributed by atoms with van der Waals surface area (Å²) in [6.07, 6.45) is 3.75. The summed E-state index contributed by atoms with van der Waals surface area (Å²) in [6, 6.07) is 5.86. The Morgan fingerprint density at radius 3 is 1.27 bits per heavy atom. The van der Waals surface area contributed by atoms with Gasteiger partial charge in [0, 0.05) is 12.1 Å². The monoisotopic (exact) mass is 167 g/mol. The van der Waals surface area contributed by atoms with Crippen LogP contribution in [0.25, 0.3) is 0 Å². The fraction of sp³-hybridized carbons (Fsp3) is 0. The second-order valence-corrected chi connectivity index (χ2v) is 1.57. The molecule has 0 spiro atoms. The molecule has 0 amide bonds. The van der Waals surface area contributed by atoms with E-state index in [1.165, 1.54) is 0 Å². The zero-order valence-electron chi connectivity index (χ0n) is 5.48. The minimum absolute atomic E-state index is 1.88. The van der Waals surface area contributed by atoms with Crippen molar-refractivity contribution < 1.29 is 22.2 Å². The first kappa shape index (κ1) is 9.93. The number of halogens is 4. The zero-order chi connectivity index (χ0) is 8.74. The van der Waals surface area contributed by atoms with Gasteiger partial charge in [0.05, 0.1) is 0 Å². The van der Waals surface area contributed by atoms with E-state index in [0.29, 0.717) is 0 Å². The largest absolute Gasteiger partial charge is 0.673 e. The molecule has 6 heteroatoms. The van der Waals surface area contributed by atoms with Gasteiger partial charge >= 0.3 is 7.25 Å². The van der Waals surface area contributed by atoms with Crippen LogP contribution < -0.4 is 4.98 Å². The van der Waals surface area contributed by atoms with Crippen LogP contribution in [0, 0.1) is 0 Å². The molecule has 1 rings (SSSR count). The van der Waals surface area contributed by atoms with E-state index in [1.807, 2.05) is 30.6 Å². The summed E-state index contributed by atoms with van der Waals surface area (Å²) in [5.74, 6) is 0. The van der Waals surface area contributed by atoms with Crippen LogP contribution in [0.1, 0.15) is 0 Å². The molecule has 1 nitrogen and oxygen atoms in total. The Hall–Kier alpha value is -1.07. The SMILES string of the molecule is F[B-](F)(F)F.c1cc[nH+]cc1. The van der Waals surface area contributed by atoms with E-state index < -0.39 is 7.25 Å². The van der Waals surface area contributed by atoms with Crippen molar-refractivity contribution in [1.82, 2.24) is 0 Å². The molecule has 1 aromatic rings. The molecule has 62 valence electrons. The third-order valence-corrected chi connectivity index (χ3v) is 0.607. The van der Waals surface area contributed by atoms with Crippen molar-refractivity contribution in [3.63, 3.8) is 0 Å². The number of aromatic nitrogens is 1. The number of nitrogens with one attached hydrogen (secondary N) is 1. The summed E-state index contributed by atoms with van der Waals surface area (Å²) < 4.78 is 39.0. The molecule has 0 bridgehead atoms. The van der Waals surface area contributed by atoms with Gasteiger partial charge in [-0.05, 0) is 0 Å². The van der Waals surface area contributed by atoms with Gasteiger partial charge in [-0.15, -0.1) is 0 Å². The minimum Gasteiger partial charge on any atom is -0.418 e. The topological polar surface area (TPSA) is 14.1 Å². The molecule has 1 aromatic heterocycles. The van der Waals surface area contributed by atoms with Crippen molar-refractivity contribution in [3.8, 4) is 0 Å². The molecule has 11 heavy (non-hydrogen) atoms. The first-order chi connectivity index (χ1) is 5.00. The van der Waals surface area contributed by atoms with Crippen LogP contribution in [-0.4, -0.2) is 7.25 Å². The molecule has 1 N–H and O–H groups in total. The van der Waals surface area contributed by atoms with E-state index in [1.54, 1.807) is 0 Å². The summed E-state index contributed by atoms with van der Waals surface area (Å²) in [5.41, 5.74) is 0. The molecular formula is C5H6BF4N. The maximum absolute atomic E-state index is 9.75. The van der Waals surface area contributed by atoms with Crippen molar-refractivity contribution >= 4 is 7.25 Å². The predicted molar refractivity (Wildman–Crippen MR) is 33.2 cm³/mol. The summed E-state index contributed by atoms with van der Waals surface area (Å²) >= 11 is 0. The maximum atomic E-state index is 9.75. The first-order valence-electron chi connectivity index (χ1n) is 2.78. The lowest BCUT2D eigenvalue weighted by atomic mass is 10.3. The van der Waals surface area contributed by atoms with Gasteiger partial charge in [0.15, 0.2) is 12.4 Å². The highest BCUT2D eigenvalue weighted by Gasteiger charge is 2.20. The van der Waals surface area contributed by atoms with Crippen molar-refractivity contribution in [2.75, 3.05) is 0 Å². The maximum Gasteiger partial charge on any atom is 0.673 e. The molecule has 0 saturated carbocycles. The van der Waals surface area contributed by atoms with Gasteiger partial charge in [0.25, 0.3) is 0 Å². The lowest BCUT2D eigenvalue weighted by Gasteiger charge is -1.94. The second-order valence-electron chi connectivity index (χ2n) is 1.57. The highest BCUT2D eigenvalue weighted by molar-refractivity contribution is 6.50. The number of pyridine rings is 1. The van der Waals surface area contributed by atoms with Crippen LogP contribution in [0.4, 0.5) is 17.3 Å². The third-order valence-electron chi connectivity index (χ3n) is 0.607. The van der Waals surface area contributed by atoms with E-state index in [4.69, 9.17) is 0 Å². The Bertz CT molecular complexity index is 143. The van der Waals surface area contributed by atoms with Crippen molar-refractivity contribution in [1.29, 1.82) is 0 Å². The predicted octanol–water partition coefficient (Wildman–Crippen LogP) is 1.80. The molecule has 0 unspecified atom stereocenters. The quantitative estimate of drug-likeness (QED) is 0.413. The average Bonchev–Trinajstić information content (AvgIpc) is 1.88. The van der Waals surface area contributed by atoms with Crippen LogP contribution in [-0.2, 0) is 0 Å². The fourth-order valence-electron chi connectivity index (χ4n) is 0.342. The van der Waals surface area contributed by atoms with E-state index in [-0.39, 0.29) is 0 Å². The number of aromatic amines is 1. The van der Waals surface area contributed by atoms with E-state index in [2.05, 4.69) is 4.98 Å². The highest BCUT2D eigenvalue weighted by atomic mass is 19.5.